The maximum Gasteiger partial charge on any atom is 0.435 e. The number of hydrogen-bond donors (Lipinski definition) is 3. The number of nitrogens with one attached hydrogen (secondary N) is 2. The van der Waals surface area contributed by atoms with Crippen LogP contribution in [0.1, 0.15) is 53.0 Å². The minimum atomic E-state index is -5.08. The second kappa shape index (κ2) is 13.0. The van der Waals surface area contributed by atoms with Crippen molar-refractivity contribution in [3.8, 4) is 11.1 Å². The van der Waals surface area contributed by atoms with Gasteiger partial charge in [0, 0.05) is 35.7 Å². The van der Waals surface area contributed by atoms with Gasteiger partial charge in [-0.15, -0.1) is 0 Å². The first-order valence-corrected chi connectivity index (χ1v) is 18.7. The van der Waals surface area contributed by atoms with Crippen molar-refractivity contribution in [1.29, 1.82) is 0 Å². The molecule has 1 saturated carbocycles. The molecule has 54 heavy (non-hydrogen) atoms. The number of sulfonamides is 1. The molecular formula is C33H27Cl2F7N8O3S. The molecule has 0 bridgehead atoms. The highest BCUT2D eigenvalue weighted by Crippen LogP contribution is 2.64. The fraction of sp³-hybridized carbons (Fsp3) is 0.333. The molecule has 3 heterocycles. The van der Waals surface area contributed by atoms with Crippen molar-refractivity contribution in [1.82, 2.24) is 29.9 Å². The Labute approximate surface area is 311 Å². The highest BCUT2D eigenvalue weighted by atomic mass is 35.5. The third kappa shape index (κ3) is 6.59. The second-order valence-electron chi connectivity index (χ2n) is 13.2. The molecule has 3 aromatic heterocycles. The highest BCUT2D eigenvalue weighted by molar-refractivity contribution is 7.92. The van der Waals surface area contributed by atoms with Crippen molar-refractivity contribution in [3.05, 3.63) is 86.4 Å². The van der Waals surface area contributed by atoms with Crippen molar-refractivity contribution >= 4 is 61.5 Å². The van der Waals surface area contributed by atoms with E-state index >= 15 is 8.78 Å². The molecule has 3 atom stereocenters. The van der Waals surface area contributed by atoms with Crippen LogP contribution in [0.15, 0.2) is 36.4 Å². The lowest BCUT2D eigenvalue weighted by Crippen LogP contribution is -2.36. The van der Waals surface area contributed by atoms with Gasteiger partial charge in [-0.05, 0) is 55.0 Å². The first-order chi connectivity index (χ1) is 25.1. The minimum absolute atomic E-state index is 0.00506. The molecule has 2 aromatic carbocycles. The van der Waals surface area contributed by atoms with Crippen LogP contribution in [0, 0.1) is 17.6 Å². The summed E-state index contributed by atoms with van der Waals surface area (Å²) in [6.07, 6.45) is -4.48. The molecule has 0 unspecified atom stereocenters. The summed E-state index contributed by atoms with van der Waals surface area (Å²) < 4.78 is 130. The number of aromatic nitrogens is 5. The van der Waals surface area contributed by atoms with Gasteiger partial charge in [-0.1, -0.05) is 29.3 Å². The maximum absolute atomic E-state index is 15.5. The van der Waals surface area contributed by atoms with Crippen molar-refractivity contribution < 1.29 is 43.9 Å². The van der Waals surface area contributed by atoms with Gasteiger partial charge in [0.25, 0.3) is 5.92 Å². The zero-order valence-corrected chi connectivity index (χ0v) is 30.2. The Balaban J connectivity index is 1.36. The first-order valence-electron chi connectivity index (χ1n) is 16.0. The van der Waals surface area contributed by atoms with Gasteiger partial charge >= 0.3 is 6.18 Å². The van der Waals surface area contributed by atoms with E-state index in [0.29, 0.717) is 10.7 Å². The van der Waals surface area contributed by atoms with Crippen LogP contribution in [0.25, 0.3) is 22.0 Å². The Morgan fingerprint density at radius 2 is 1.76 bits per heavy atom. The number of nitrogens with two attached hydrogens (primary N) is 1. The van der Waals surface area contributed by atoms with Crippen LogP contribution >= 0.6 is 23.2 Å². The Kier molecular flexibility index (Phi) is 9.08. The second-order valence-corrected chi connectivity index (χ2v) is 15.8. The largest absolute Gasteiger partial charge is 0.435 e. The van der Waals surface area contributed by atoms with Gasteiger partial charge in [0.1, 0.15) is 23.9 Å². The number of hydrogen-bond acceptors (Lipinski definition) is 7. The summed E-state index contributed by atoms with van der Waals surface area (Å²) in [5, 5.41) is 10.2. The minimum Gasteiger partial charge on any atom is -0.396 e. The summed E-state index contributed by atoms with van der Waals surface area (Å²) in [5.74, 6) is -9.30. The molecule has 1 fully saturated rings. The number of carbonyl (C=O) groups excluding carboxylic acids is 1. The van der Waals surface area contributed by atoms with Crippen LogP contribution in [0.4, 0.5) is 42.2 Å². The van der Waals surface area contributed by atoms with E-state index in [-0.39, 0.29) is 67.8 Å². The monoisotopic (exact) mass is 818 g/mol. The van der Waals surface area contributed by atoms with Gasteiger partial charge in [0.2, 0.25) is 15.9 Å². The molecule has 11 nitrogen and oxygen atoms in total. The molecule has 0 aliphatic heterocycles. The van der Waals surface area contributed by atoms with Crippen LogP contribution < -0.4 is 15.8 Å². The van der Waals surface area contributed by atoms with Gasteiger partial charge in [0.05, 0.1) is 39.6 Å². The van der Waals surface area contributed by atoms with Gasteiger partial charge in [-0.2, -0.15) is 32.1 Å². The summed E-state index contributed by atoms with van der Waals surface area (Å²) >= 11 is 12.9. The van der Waals surface area contributed by atoms with E-state index in [1.165, 1.54) is 29.9 Å². The molecule has 7 rings (SSSR count). The third-order valence-corrected chi connectivity index (χ3v) is 10.7. The number of benzene rings is 2. The van der Waals surface area contributed by atoms with Crippen LogP contribution in [-0.2, 0) is 46.9 Å². The van der Waals surface area contributed by atoms with E-state index in [1.54, 1.807) is 0 Å². The van der Waals surface area contributed by atoms with E-state index in [1.807, 2.05) is 0 Å². The fourth-order valence-electron chi connectivity index (χ4n) is 7.36. The first kappa shape index (κ1) is 37.7. The zero-order valence-electron chi connectivity index (χ0n) is 27.9. The Bertz CT molecular complexity index is 2470. The standard InChI is InChI=1S/C33H27Cl2F7N8O3S/c1-49-27-16(4-6-20(34)25(27)31(47-49)48-54(2,52)53)18-11-21(43)30(35)45-26(18)22(9-13-7-14(36)10-15(37)8-13)44-23(51)12-50-29-24(28(46-50)33(40,41)42)17-3-5-19(17)32(29,38)39/h4,6-8,10-11,17,19,22H,3,5,9,12,43H2,1-2H3,(H,44,51)(H,47,48)/t17-,19+,22-/m0/s1. The summed E-state index contributed by atoms with van der Waals surface area (Å²) in [6, 6.07) is 5.44. The Morgan fingerprint density at radius 3 is 2.37 bits per heavy atom. The molecule has 0 spiro atoms. The number of alkyl halides is 5. The Hall–Kier alpha value is -4.62. The van der Waals surface area contributed by atoms with Gasteiger partial charge < -0.3 is 11.1 Å². The molecule has 5 aromatic rings. The summed E-state index contributed by atoms with van der Waals surface area (Å²) in [5.41, 5.74) is 3.52. The normalized spacial score (nSPS) is 18.3. The summed E-state index contributed by atoms with van der Waals surface area (Å²) in [4.78, 5) is 18.2. The number of nitrogens with zero attached hydrogens (tertiary/aromatic N) is 5. The lowest BCUT2D eigenvalue weighted by molar-refractivity contribution is -0.144. The predicted octanol–water partition coefficient (Wildman–Crippen LogP) is 7.09. The van der Waals surface area contributed by atoms with E-state index in [0.717, 1.165) is 18.4 Å². The number of halogens is 9. The number of pyridine rings is 1. The fourth-order valence-corrected chi connectivity index (χ4v) is 8.24. The van der Waals surface area contributed by atoms with Crippen molar-refractivity contribution in [2.75, 3.05) is 16.7 Å². The van der Waals surface area contributed by atoms with E-state index < -0.39 is 87.5 Å². The molecule has 2 aliphatic carbocycles. The van der Waals surface area contributed by atoms with Crippen LogP contribution in [-0.4, -0.2) is 45.1 Å². The van der Waals surface area contributed by atoms with Crippen LogP contribution in [0.5, 0.6) is 0 Å². The van der Waals surface area contributed by atoms with Crippen LogP contribution in [0.3, 0.4) is 0 Å². The lowest BCUT2D eigenvalue weighted by atomic mass is 9.73. The SMILES string of the molecule is Cn1nc(NS(C)(=O)=O)c2c(Cl)ccc(-c3cc(N)c(Cl)nc3[C@H](Cc3cc(F)cc(F)c3)NC(=O)Cn3nc(C(F)(F)F)c4c3C(F)(F)[C@@H]3CC[C@H]43)c21. The van der Waals surface area contributed by atoms with Gasteiger partial charge in [-0.3, -0.25) is 18.9 Å². The zero-order chi connectivity index (χ0) is 39.2. The van der Waals surface area contributed by atoms with Crippen LogP contribution in [0.2, 0.25) is 10.2 Å². The van der Waals surface area contributed by atoms with Crippen molar-refractivity contribution in [3.63, 3.8) is 0 Å². The van der Waals surface area contributed by atoms with Crippen molar-refractivity contribution in [2.24, 2.45) is 13.0 Å². The smallest absolute Gasteiger partial charge is 0.396 e. The number of nitrogen functional groups attached to an aromatic ring is 1. The summed E-state index contributed by atoms with van der Waals surface area (Å²) in [7, 11) is -2.36. The number of anilines is 2. The quantitative estimate of drug-likeness (QED) is 0.106. The number of carbonyl (C=O) groups is 1. The van der Waals surface area contributed by atoms with Gasteiger partial charge in [-0.25, -0.2) is 22.2 Å². The highest BCUT2D eigenvalue weighted by Gasteiger charge is 2.63. The molecule has 0 saturated heterocycles. The Morgan fingerprint density at radius 1 is 1.07 bits per heavy atom. The van der Waals surface area contributed by atoms with Gasteiger partial charge in [0.15, 0.2) is 16.7 Å². The molecule has 4 N–H and O–H groups in total. The number of fused-ring (bicyclic) bond motifs is 4. The molecule has 0 radical (unpaired) electrons. The molecule has 2 aliphatic rings. The number of aryl methyl sites for hydroxylation is 1. The number of amides is 1. The molecule has 1 amide bonds. The van der Waals surface area contributed by atoms with Crippen molar-refractivity contribution in [2.45, 2.75) is 49.9 Å². The molecule has 286 valence electrons. The average molecular weight is 820 g/mol. The average Bonchev–Trinajstić information content (AvgIpc) is 3.58. The van der Waals surface area contributed by atoms with E-state index in [9.17, 15) is 35.2 Å². The van der Waals surface area contributed by atoms with E-state index in [4.69, 9.17) is 28.9 Å². The predicted molar refractivity (Wildman–Crippen MR) is 184 cm³/mol. The summed E-state index contributed by atoms with van der Waals surface area (Å²) in [6.45, 7) is -1.09. The molecular weight excluding hydrogens is 792 g/mol. The molecule has 21 heteroatoms. The third-order valence-electron chi connectivity index (χ3n) is 9.55. The van der Waals surface area contributed by atoms with E-state index in [2.05, 4.69) is 25.2 Å². The topological polar surface area (TPSA) is 150 Å². The maximum atomic E-state index is 15.5. The number of rotatable bonds is 9. The lowest BCUT2D eigenvalue weighted by Gasteiger charge is -2.34.